The van der Waals surface area contributed by atoms with Gasteiger partial charge in [0.1, 0.15) is 5.76 Å². The van der Waals surface area contributed by atoms with Gasteiger partial charge in [-0.1, -0.05) is 6.07 Å². The quantitative estimate of drug-likeness (QED) is 0.478. The third-order valence-electron chi connectivity index (χ3n) is 4.87. The fraction of sp³-hybridized carbons (Fsp3) is 0.476. The van der Waals surface area contributed by atoms with E-state index in [1.165, 1.54) is 0 Å². The Morgan fingerprint density at radius 3 is 2.70 bits per heavy atom. The highest BCUT2D eigenvalue weighted by Crippen LogP contribution is 2.46. The van der Waals surface area contributed by atoms with Gasteiger partial charge in [-0.05, 0) is 60.9 Å². The van der Waals surface area contributed by atoms with Crippen LogP contribution in [0.2, 0.25) is 0 Å². The predicted molar refractivity (Wildman–Crippen MR) is 101 cm³/mol. The van der Waals surface area contributed by atoms with Crippen molar-refractivity contribution in [2.75, 3.05) is 20.8 Å². The topological polar surface area (TPSA) is 69.9 Å². The Morgan fingerprint density at radius 2 is 2.04 bits per heavy atom. The van der Waals surface area contributed by atoms with E-state index in [2.05, 4.69) is 5.48 Å². The van der Waals surface area contributed by atoms with Gasteiger partial charge in [0, 0.05) is 12.8 Å². The van der Waals surface area contributed by atoms with Gasteiger partial charge < -0.3 is 13.9 Å². The molecule has 6 nitrogen and oxygen atoms in total. The molecule has 0 saturated heterocycles. The van der Waals surface area contributed by atoms with Gasteiger partial charge in [0.2, 0.25) is 5.91 Å². The summed E-state index contributed by atoms with van der Waals surface area (Å²) in [6, 6.07) is 9.68. The van der Waals surface area contributed by atoms with E-state index in [0.29, 0.717) is 30.4 Å². The monoisotopic (exact) mass is 373 g/mol. The van der Waals surface area contributed by atoms with Crippen LogP contribution in [0.3, 0.4) is 0 Å². The summed E-state index contributed by atoms with van der Waals surface area (Å²) in [5.74, 6) is 2.91. The van der Waals surface area contributed by atoms with E-state index in [-0.39, 0.29) is 11.8 Å². The van der Waals surface area contributed by atoms with Gasteiger partial charge in [0.05, 0.1) is 27.1 Å². The van der Waals surface area contributed by atoms with E-state index in [1.54, 1.807) is 20.5 Å². The third kappa shape index (κ3) is 5.50. The molecule has 1 unspecified atom stereocenters. The first kappa shape index (κ1) is 19.3. The number of rotatable bonds is 11. The number of amides is 1. The molecule has 0 bridgehead atoms. The minimum absolute atomic E-state index is 0.0975. The third-order valence-corrected chi connectivity index (χ3v) is 4.87. The molecule has 146 valence electrons. The van der Waals surface area contributed by atoms with Crippen LogP contribution >= 0.6 is 0 Å². The van der Waals surface area contributed by atoms with E-state index >= 15 is 0 Å². The van der Waals surface area contributed by atoms with Gasteiger partial charge in [-0.3, -0.25) is 9.63 Å². The number of nitrogens with one attached hydrogen (secondary N) is 1. The molecule has 1 aliphatic carbocycles. The standard InChI is InChI=1S/C21H27NO5/c1-24-19-10-9-16(13-20(19)25-2)18(15-7-8-15)14-21(23)22-27-12-4-6-17-5-3-11-26-17/h3,5,9-11,13,15,18H,4,6-8,12,14H2,1-2H3,(H,22,23). The van der Waals surface area contributed by atoms with Crippen LogP contribution < -0.4 is 15.0 Å². The number of methoxy groups -OCH3 is 2. The maximum absolute atomic E-state index is 12.3. The number of hydrogen-bond donors (Lipinski definition) is 1. The van der Waals surface area contributed by atoms with Gasteiger partial charge in [-0.15, -0.1) is 0 Å². The van der Waals surface area contributed by atoms with Gasteiger partial charge >= 0.3 is 0 Å². The van der Waals surface area contributed by atoms with Gasteiger partial charge in [0.25, 0.3) is 0 Å². The summed E-state index contributed by atoms with van der Waals surface area (Å²) in [6.07, 6.45) is 5.93. The van der Waals surface area contributed by atoms with Crippen molar-refractivity contribution in [3.63, 3.8) is 0 Å². The van der Waals surface area contributed by atoms with Crippen LogP contribution in [0.5, 0.6) is 11.5 Å². The van der Waals surface area contributed by atoms with E-state index < -0.39 is 0 Å². The second-order valence-electron chi connectivity index (χ2n) is 6.82. The fourth-order valence-electron chi connectivity index (χ4n) is 3.29. The van der Waals surface area contributed by atoms with Crippen LogP contribution in [0, 0.1) is 5.92 Å². The number of aryl methyl sites for hydroxylation is 1. The SMILES string of the molecule is COc1ccc(C(CC(=O)NOCCCc2ccco2)C2CC2)cc1OC. The Kier molecular flexibility index (Phi) is 6.76. The summed E-state index contributed by atoms with van der Waals surface area (Å²) < 4.78 is 16.0. The lowest BCUT2D eigenvalue weighted by Gasteiger charge is -2.18. The first-order valence-corrected chi connectivity index (χ1v) is 9.36. The average molecular weight is 373 g/mol. The largest absolute Gasteiger partial charge is 0.493 e. The molecule has 1 amide bonds. The first-order valence-electron chi connectivity index (χ1n) is 9.36. The summed E-state index contributed by atoms with van der Waals surface area (Å²) in [6.45, 7) is 0.455. The fourth-order valence-corrected chi connectivity index (χ4v) is 3.29. The summed E-state index contributed by atoms with van der Waals surface area (Å²) >= 11 is 0. The molecule has 1 aromatic heterocycles. The van der Waals surface area contributed by atoms with Gasteiger partial charge in [-0.2, -0.15) is 0 Å². The lowest BCUT2D eigenvalue weighted by atomic mass is 9.90. The summed E-state index contributed by atoms with van der Waals surface area (Å²) in [7, 11) is 3.24. The molecule has 0 spiro atoms. The van der Waals surface area contributed by atoms with Crippen LogP contribution in [0.15, 0.2) is 41.0 Å². The molecule has 6 heteroatoms. The van der Waals surface area contributed by atoms with Crippen LogP contribution in [-0.2, 0) is 16.1 Å². The summed E-state index contributed by atoms with van der Waals surface area (Å²) in [5.41, 5.74) is 3.67. The van der Waals surface area contributed by atoms with Crippen molar-refractivity contribution in [2.45, 2.75) is 38.0 Å². The molecule has 0 aliphatic heterocycles. The zero-order valence-corrected chi connectivity index (χ0v) is 15.9. The zero-order chi connectivity index (χ0) is 19.1. The molecule has 3 rings (SSSR count). The van der Waals surface area contributed by atoms with Crippen molar-refractivity contribution in [1.29, 1.82) is 0 Å². The number of furan rings is 1. The number of benzene rings is 1. The Balaban J connectivity index is 1.48. The number of carbonyl (C=O) groups is 1. The summed E-state index contributed by atoms with van der Waals surface area (Å²) in [4.78, 5) is 17.6. The predicted octanol–water partition coefficient (Wildman–Crippen LogP) is 3.86. The van der Waals surface area contributed by atoms with Crippen molar-refractivity contribution in [1.82, 2.24) is 5.48 Å². The smallest absolute Gasteiger partial charge is 0.244 e. The summed E-state index contributed by atoms with van der Waals surface area (Å²) in [5, 5.41) is 0. The van der Waals surface area contributed by atoms with Crippen molar-refractivity contribution >= 4 is 5.91 Å². The normalized spacial score (nSPS) is 14.6. The van der Waals surface area contributed by atoms with Crippen LogP contribution in [0.4, 0.5) is 0 Å². The molecule has 1 aromatic carbocycles. The Morgan fingerprint density at radius 1 is 1.22 bits per heavy atom. The Bertz CT molecular complexity index is 724. The lowest BCUT2D eigenvalue weighted by molar-refractivity contribution is -0.134. The van der Waals surface area contributed by atoms with E-state index in [9.17, 15) is 4.79 Å². The van der Waals surface area contributed by atoms with Gasteiger partial charge in [-0.25, -0.2) is 5.48 Å². The average Bonchev–Trinajstić information content (AvgIpc) is 3.40. The molecule has 1 N–H and O–H groups in total. The maximum Gasteiger partial charge on any atom is 0.244 e. The molecule has 1 atom stereocenters. The number of ether oxygens (including phenoxy) is 2. The van der Waals surface area contributed by atoms with E-state index in [1.807, 2.05) is 30.3 Å². The maximum atomic E-state index is 12.3. The highest BCUT2D eigenvalue weighted by molar-refractivity contribution is 5.76. The molecular weight excluding hydrogens is 346 g/mol. The van der Waals surface area contributed by atoms with Crippen molar-refractivity contribution in [3.8, 4) is 11.5 Å². The Hall–Kier alpha value is -2.47. The lowest BCUT2D eigenvalue weighted by Crippen LogP contribution is -2.26. The molecule has 27 heavy (non-hydrogen) atoms. The second kappa shape index (κ2) is 9.46. The van der Waals surface area contributed by atoms with E-state index in [4.69, 9.17) is 18.7 Å². The highest BCUT2D eigenvalue weighted by atomic mass is 16.6. The second-order valence-corrected chi connectivity index (χ2v) is 6.82. The number of carbonyl (C=O) groups excluding carboxylic acids is 1. The van der Waals surface area contributed by atoms with Crippen LogP contribution in [-0.4, -0.2) is 26.7 Å². The molecule has 1 heterocycles. The minimum atomic E-state index is -0.0975. The van der Waals surface area contributed by atoms with Gasteiger partial charge in [0.15, 0.2) is 11.5 Å². The first-order chi connectivity index (χ1) is 13.2. The molecule has 1 aliphatic rings. The van der Waals surface area contributed by atoms with Crippen LogP contribution in [0.1, 0.15) is 42.9 Å². The number of hydrogen-bond acceptors (Lipinski definition) is 5. The molecule has 2 aromatic rings. The molecular formula is C21H27NO5. The van der Waals surface area contributed by atoms with E-state index in [0.717, 1.165) is 37.0 Å². The molecule has 1 fully saturated rings. The van der Waals surface area contributed by atoms with Crippen molar-refractivity contribution in [2.24, 2.45) is 5.92 Å². The Labute approximate surface area is 159 Å². The minimum Gasteiger partial charge on any atom is -0.493 e. The van der Waals surface area contributed by atoms with Crippen molar-refractivity contribution in [3.05, 3.63) is 47.9 Å². The van der Waals surface area contributed by atoms with Crippen molar-refractivity contribution < 1.29 is 23.5 Å². The highest BCUT2D eigenvalue weighted by Gasteiger charge is 2.34. The van der Waals surface area contributed by atoms with Crippen LogP contribution in [0.25, 0.3) is 0 Å². The zero-order valence-electron chi connectivity index (χ0n) is 15.9. The molecule has 0 radical (unpaired) electrons. The number of hydroxylamine groups is 1. The molecule has 1 saturated carbocycles.